The summed E-state index contributed by atoms with van der Waals surface area (Å²) in [5.41, 5.74) is 0.428. The Balaban J connectivity index is 1.39. The summed E-state index contributed by atoms with van der Waals surface area (Å²) in [7, 11) is 3.80. The number of anilines is 1. The van der Waals surface area contributed by atoms with Crippen LogP contribution in [0, 0.1) is 0 Å². The van der Waals surface area contributed by atoms with Gasteiger partial charge in [-0.25, -0.2) is 4.68 Å². The summed E-state index contributed by atoms with van der Waals surface area (Å²) in [5.74, 6) is 1.79. The van der Waals surface area contributed by atoms with Crippen LogP contribution in [-0.4, -0.2) is 70.5 Å². The minimum absolute atomic E-state index is 0.0882. The molecule has 9 heteroatoms. The fourth-order valence-electron chi connectivity index (χ4n) is 3.12. The third-order valence-corrected chi connectivity index (χ3v) is 4.50. The highest BCUT2D eigenvalue weighted by Crippen LogP contribution is 2.22. The second kappa shape index (κ2) is 6.81. The number of hydrogen-bond donors (Lipinski definition) is 0. The smallest absolute Gasteiger partial charge is 0.274 e. The molecule has 1 unspecified atom stereocenters. The highest BCUT2D eigenvalue weighted by molar-refractivity contribution is 5.92. The minimum Gasteiger partial charge on any atom is -0.478 e. The average Bonchev–Trinajstić information content (AvgIpc) is 3.28. The zero-order valence-corrected chi connectivity index (χ0v) is 15.0. The van der Waals surface area contributed by atoms with Gasteiger partial charge in [0.1, 0.15) is 6.10 Å². The van der Waals surface area contributed by atoms with Gasteiger partial charge in [0.25, 0.3) is 5.91 Å². The average molecular weight is 358 g/mol. The van der Waals surface area contributed by atoms with Crippen molar-refractivity contribution in [3.05, 3.63) is 24.2 Å². The van der Waals surface area contributed by atoms with E-state index in [1.54, 1.807) is 28.0 Å². The molecule has 0 spiro atoms. The number of carbonyl (C=O) groups excluding carboxylic acids is 1. The van der Waals surface area contributed by atoms with Crippen molar-refractivity contribution in [2.75, 3.05) is 38.7 Å². The molecule has 138 valence electrons. The molecule has 2 aromatic heterocycles. The van der Waals surface area contributed by atoms with Crippen molar-refractivity contribution >= 4 is 11.7 Å². The summed E-state index contributed by atoms with van der Waals surface area (Å²) in [4.78, 5) is 24.9. The van der Waals surface area contributed by atoms with E-state index in [2.05, 4.69) is 15.1 Å². The maximum atomic E-state index is 12.7. The van der Waals surface area contributed by atoms with E-state index >= 15 is 0 Å². The number of nitrogens with zero attached hydrogens (tertiary/aromatic N) is 6. The van der Waals surface area contributed by atoms with Crippen LogP contribution >= 0.6 is 0 Å². The third-order valence-electron chi connectivity index (χ3n) is 4.50. The fourth-order valence-corrected chi connectivity index (χ4v) is 3.12. The number of carbonyl (C=O) groups is 1. The number of likely N-dealkylation sites (tertiary alicyclic amines) is 1. The second-order valence-electron chi connectivity index (χ2n) is 6.68. The summed E-state index contributed by atoms with van der Waals surface area (Å²) in [6.45, 7) is 2.60. The van der Waals surface area contributed by atoms with E-state index in [1.807, 2.05) is 19.0 Å². The van der Waals surface area contributed by atoms with Crippen molar-refractivity contribution in [1.82, 2.24) is 24.6 Å². The molecule has 2 aliphatic heterocycles. The lowest BCUT2D eigenvalue weighted by Gasteiger charge is -2.17. The van der Waals surface area contributed by atoms with Gasteiger partial charge in [-0.1, -0.05) is 0 Å². The standard InChI is InChI=1S/C17H22N6O3/c1-21(2)14-9-18-10-15(19-14)26-12-4-6-22(11-12)17(24)13-8-16-23(20-13)5-3-7-25-16/h8-10,12H,3-7,11H2,1-2H3. The summed E-state index contributed by atoms with van der Waals surface area (Å²) >= 11 is 0. The van der Waals surface area contributed by atoms with Gasteiger partial charge in [-0.2, -0.15) is 10.1 Å². The van der Waals surface area contributed by atoms with Crippen molar-refractivity contribution in [3.8, 4) is 11.8 Å². The van der Waals surface area contributed by atoms with Gasteiger partial charge in [0.15, 0.2) is 11.5 Å². The third kappa shape index (κ3) is 3.29. The van der Waals surface area contributed by atoms with Crippen LogP contribution in [0.5, 0.6) is 11.8 Å². The van der Waals surface area contributed by atoms with Crippen molar-refractivity contribution in [3.63, 3.8) is 0 Å². The Morgan fingerprint density at radius 1 is 1.35 bits per heavy atom. The van der Waals surface area contributed by atoms with Crippen LogP contribution < -0.4 is 14.4 Å². The molecule has 9 nitrogen and oxygen atoms in total. The maximum Gasteiger partial charge on any atom is 0.274 e. The first-order valence-corrected chi connectivity index (χ1v) is 8.76. The molecule has 4 heterocycles. The van der Waals surface area contributed by atoms with Gasteiger partial charge in [0, 0.05) is 46.1 Å². The second-order valence-corrected chi connectivity index (χ2v) is 6.68. The first-order valence-electron chi connectivity index (χ1n) is 8.76. The summed E-state index contributed by atoms with van der Waals surface area (Å²) in [6.07, 6.45) is 4.84. The summed E-state index contributed by atoms with van der Waals surface area (Å²) in [6, 6.07) is 1.72. The molecule has 0 bridgehead atoms. The van der Waals surface area contributed by atoms with E-state index in [0.29, 0.717) is 37.2 Å². The lowest BCUT2D eigenvalue weighted by atomic mass is 10.3. The molecule has 1 fully saturated rings. The van der Waals surface area contributed by atoms with Crippen molar-refractivity contribution < 1.29 is 14.3 Å². The van der Waals surface area contributed by atoms with E-state index in [-0.39, 0.29) is 12.0 Å². The Labute approximate surface area is 151 Å². The van der Waals surface area contributed by atoms with Crippen molar-refractivity contribution in [2.45, 2.75) is 25.5 Å². The predicted molar refractivity (Wildman–Crippen MR) is 93.6 cm³/mol. The van der Waals surface area contributed by atoms with E-state index < -0.39 is 0 Å². The molecule has 1 amide bonds. The Morgan fingerprint density at radius 3 is 3.04 bits per heavy atom. The van der Waals surface area contributed by atoms with Crippen LogP contribution in [0.3, 0.4) is 0 Å². The predicted octanol–water partition coefficient (Wildman–Crippen LogP) is 0.815. The van der Waals surface area contributed by atoms with Gasteiger partial charge >= 0.3 is 0 Å². The number of hydrogen-bond acceptors (Lipinski definition) is 7. The molecule has 0 aromatic carbocycles. The number of aryl methyl sites for hydroxylation is 1. The number of rotatable bonds is 4. The maximum absolute atomic E-state index is 12.7. The topological polar surface area (TPSA) is 85.6 Å². The summed E-state index contributed by atoms with van der Waals surface area (Å²) in [5, 5.41) is 4.37. The molecule has 0 aliphatic carbocycles. The van der Waals surface area contributed by atoms with Crippen LogP contribution in [0.2, 0.25) is 0 Å². The highest BCUT2D eigenvalue weighted by atomic mass is 16.5. The van der Waals surface area contributed by atoms with Crippen LogP contribution in [0.15, 0.2) is 18.5 Å². The molecule has 0 saturated carbocycles. The van der Waals surface area contributed by atoms with E-state index in [9.17, 15) is 4.79 Å². The van der Waals surface area contributed by atoms with Crippen LogP contribution in [0.1, 0.15) is 23.3 Å². The first-order chi connectivity index (χ1) is 12.6. The molecule has 26 heavy (non-hydrogen) atoms. The Bertz CT molecular complexity index is 782. The lowest BCUT2D eigenvalue weighted by Crippen LogP contribution is -2.31. The number of fused-ring (bicyclic) bond motifs is 1. The van der Waals surface area contributed by atoms with Crippen molar-refractivity contribution in [2.24, 2.45) is 0 Å². The molecule has 1 saturated heterocycles. The summed E-state index contributed by atoms with van der Waals surface area (Å²) < 4.78 is 13.2. The zero-order chi connectivity index (χ0) is 18.1. The molecule has 0 radical (unpaired) electrons. The van der Waals surface area contributed by atoms with Gasteiger partial charge in [0.05, 0.1) is 25.5 Å². The number of aromatic nitrogens is 4. The molecule has 1 atom stereocenters. The lowest BCUT2D eigenvalue weighted by molar-refractivity contribution is 0.0764. The fraction of sp³-hybridized carbons (Fsp3) is 0.529. The van der Waals surface area contributed by atoms with Crippen LogP contribution in [-0.2, 0) is 6.54 Å². The normalized spacial score (nSPS) is 19.0. The Hall–Kier alpha value is -2.84. The SMILES string of the molecule is CN(C)c1cncc(OC2CCN(C(=O)c3cc4n(n3)CCCO4)C2)n1. The quantitative estimate of drug-likeness (QED) is 0.800. The van der Waals surface area contributed by atoms with Gasteiger partial charge in [0.2, 0.25) is 11.8 Å². The molecule has 2 aromatic rings. The van der Waals surface area contributed by atoms with Gasteiger partial charge < -0.3 is 19.3 Å². The van der Waals surface area contributed by atoms with Gasteiger partial charge in [-0.3, -0.25) is 9.78 Å². The molecule has 2 aliphatic rings. The van der Waals surface area contributed by atoms with Crippen molar-refractivity contribution in [1.29, 1.82) is 0 Å². The van der Waals surface area contributed by atoms with Gasteiger partial charge in [-0.05, 0) is 0 Å². The minimum atomic E-state index is -0.0980. The molecule has 0 N–H and O–H groups in total. The molecule has 4 rings (SSSR count). The zero-order valence-electron chi connectivity index (χ0n) is 15.0. The van der Waals surface area contributed by atoms with Gasteiger partial charge in [-0.15, -0.1) is 0 Å². The van der Waals surface area contributed by atoms with Crippen LogP contribution in [0.25, 0.3) is 0 Å². The van der Waals surface area contributed by atoms with E-state index in [0.717, 1.165) is 25.2 Å². The highest BCUT2D eigenvalue weighted by Gasteiger charge is 2.31. The Kier molecular flexibility index (Phi) is 4.36. The van der Waals surface area contributed by atoms with Crippen LogP contribution in [0.4, 0.5) is 5.82 Å². The number of amides is 1. The molecular weight excluding hydrogens is 336 g/mol. The van der Waals surface area contributed by atoms with E-state index in [1.165, 1.54) is 0 Å². The Morgan fingerprint density at radius 2 is 2.23 bits per heavy atom. The number of ether oxygens (including phenoxy) is 2. The largest absolute Gasteiger partial charge is 0.478 e. The van der Waals surface area contributed by atoms with E-state index in [4.69, 9.17) is 9.47 Å². The monoisotopic (exact) mass is 358 g/mol. The molecular formula is C17H22N6O3. The first kappa shape index (κ1) is 16.6.